The van der Waals surface area contributed by atoms with Gasteiger partial charge in [0.2, 0.25) is 5.91 Å². The number of benzene rings is 2. The average molecular weight is 384 g/mol. The van der Waals surface area contributed by atoms with Crippen LogP contribution in [0, 0.1) is 18.6 Å². The second-order valence-electron chi connectivity index (χ2n) is 6.67. The molecule has 2 N–H and O–H groups in total. The number of nitrogens with zero attached hydrogens (tertiary/aromatic N) is 2. The van der Waals surface area contributed by atoms with Crippen molar-refractivity contribution in [2.45, 2.75) is 33.4 Å². The third-order valence-electron chi connectivity index (χ3n) is 4.54. The van der Waals surface area contributed by atoms with E-state index >= 15 is 0 Å². The van der Waals surface area contributed by atoms with Crippen molar-refractivity contribution in [1.29, 1.82) is 0 Å². The van der Waals surface area contributed by atoms with Crippen LogP contribution in [0.5, 0.6) is 0 Å². The number of hydrogen-bond acceptors (Lipinski definition) is 3. The highest BCUT2D eigenvalue weighted by molar-refractivity contribution is 5.88. The Kier molecular flexibility index (Phi) is 5.84. The Morgan fingerprint density at radius 1 is 1.18 bits per heavy atom. The number of carbonyl (C=O) groups excluding carboxylic acids is 1. The lowest BCUT2D eigenvalue weighted by Gasteiger charge is -2.15. The molecule has 7 heteroatoms. The van der Waals surface area contributed by atoms with Gasteiger partial charge in [0.15, 0.2) is 5.82 Å². The van der Waals surface area contributed by atoms with Crippen LogP contribution in [0.15, 0.2) is 48.7 Å². The summed E-state index contributed by atoms with van der Waals surface area (Å²) in [5.41, 5.74) is 3.74. The van der Waals surface area contributed by atoms with Gasteiger partial charge in [-0.05, 0) is 43.7 Å². The highest BCUT2D eigenvalue weighted by Crippen LogP contribution is 2.22. The van der Waals surface area contributed by atoms with Gasteiger partial charge in [-0.25, -0.2) is 13.5 Å². The van der Waals surface area contributed by atoms with Crippen LogP contribution in [0.3, 0.4) is 0 Å². The summed E-state index contributed by atoms with van der Waals surface area (Å²) in [5.74, 6) is -1.38. The zero-order valence-corrected chi connectivity index (χ0v) is 16.0. The molecule has 1 atom stereocenters. The Hall–Kier alpha value is -3.06. The summed E-state index contributed by atoms with van der Waals surface area (Å²) in [4.78, 5) is 11.1. The van der Waals surface area contributed by atoms with E-state index in [9.17, 15) is 13.6 Å². The first-order valence-corrected chi connectivity index (χ1v) is 8.95. The minimum absolute atomic E-state index is 0.0210. The molecular formula is C21H22F2N4O. The molecule has 0 saturated heterocycles. The van der Waals surface area contributed by atoms with Gasteiger partial charge in [-0.2, -0.15) is 5.10 Å². The van der Waals surface area contributed by atoms with Crippen molar-refractivity contribution >= 4 is 11.6 Å². The van der Waals surface area contributed by atoms with E-state index in [1.165, 1.54) is 23.7 Å². The molecule has 0 fully saturated rings. The molecule has 146 valence electrons. The zero-order chi connectivity index (χ0) is 20.3. The van der Waals surface area contributed by atoms with E-state index in [2.05, 4.69) is 15.7 Å². The first-order chi connectivity index (χ1) is 13.3. The number of amides is 1. The third kappa shape index (κ3) is 4.43. The number of rotatable bonds is 6. The van der Waals surface area contributed by atoms with E-state index in [-0.39, 0.29) is 17.6 Å². The topological polar surface area (TPSA) is 59.0 Å². The quantitative estimate of drug-likeness (QED) is 0.667. The summed E-state index contributed by atoms with van der Waals surface area (Å²) < 4.78 is 28.7. The van der Waals surface area contributed by atoms with E-state index in [1.54, 1.807) is 6.20 Å². The Bertz CT molecular complexity index is 983. The molecule has 5 nitrogen and oxygen atoms in total. The summed E-state index contributed by atoms with van der Waals surface area (Å²) >= 11 is 0. The summed E-state index contributed by atoms with van der Waals surface area (Å²) in [7, 11) is 0. The van der Waals surface area contributed by atoms with Crippen molar-refractivity contribution < 1.29 is 13.6 Å². The molecule has 1 amide bonds. The van der Waals surface area contributed by atoms with E-state index < -0.39 is 11.6 Å². The number of hydrogen-bond donors (Lipinski definition) is 2. The number of aromatic nitrogens is 2. The van der Waals surface area contributed by atoms with E-state index in [0.29, 0.717) is 6.54 Å². The molecule has 0 aliphatic carbocycles. The lowest BCUT2D eigenvalue weighted by molar-refractivity contribution is -0.114. The summed E-state index contributed by atoms with van der Waals surface area (Å²) in [6.07, 6.45) is 1.69. The van der Waals surface area contributed by atoms with Gasteiger partial charge in [0.25, 0.3) is 0 Å². The molecule has 0 aliphatic rings. The van der Waals surface area contributed by atoms with Crippen LogP contribution in [0.4, 0.5) is 14.5 Å². The van der Waals surface area contributed by atoms with Gasteiger partial charge in [-0.3, -0.25) is 4.79 Å². The van der Waals surface area contributed by atoms with Crippen LogP contribution in [-0.2, 0) is 11.3 Å². The van der Waals surface area contributed by atoms with Gasteiger partial charge in [-0.1, -0.05) is 12.1 Å². The van der Waals surface area contributed by atoms with Gasteiger partial charge in [0, 0.05) is 42.5 Å². The Morgan fingerprint density at radius 3 is 2.54 bits per heavy atom. The predicted molar refractivity (Wildman–Crippen MR) is 104 cm³/mol. The van der Waals surface area contributed by atoms with Crippen molar-refractivity contribution in [2.24, 2.45) is 0 Å². The Balaban J connectivity index is 1.69. The largest absolute Gasteiger partial charge is 0.326 e. The number of anilines is 1. The fourth-order valence-electron chi connectivity index (χ4n) is 3.03. The highest BCUT2D eigenvalue weighted by atomic mass is 19.1. The van der Waals surface area contributed by atoms with Gasteiger partial charge in [0.1, 0.15) is 11.5 Å². The lowest BCUT2D eigenvalue weighted by atomic mass is 10.1. The van der Waals surface area contributed by atoms with Crippen LogP contribution < -0.4 is 10.6 Å². The number of nitrogens with one attached hydrogen (secondary N) is 2. The smallest absolute Gasteiger partial charge is 0.221 e. The van der Waals surface area contributed by atoms with Gasteiger partial charge in [0.05, 0.1) is 6.20 Å². The molecule has 1 heterocycles. The molecule has 0 unspecified atom stereocenters. The normalized spacial score (nSPS) is 12.0. The number of carbonyl (C=O) groups is 1. The molecule has 2 aromatic carbocycles. The standard InChI is InChI=1S/C21H22F2N4O/c1-13(24-11-16-4-7-18(8-5-16)26-15(3)28)19-12-25-27(14(19)2)21-9-6-17(22)10-20(21)23/h4-10,12-13,24H,11H2,1-3H3,(H,26,28)/t13-/m0/s1. The van der Waals surface area contributed by atoms with Crippen molar-refractivity contribution in [3.63, 3.8) is 0 Å². The Morgan fingerprint density at radius 2 is 1.89 bits per heavy atom. The minimum atomic E-state index is -0.655. The fourth-order valence-corrected chi connectivity index (χ4v) is 3.03. The van der Waals surface area contributed by atoms with Crippen molar-refractivity contribution in [3.8, 4) is 5.69 Å². The van der Waals surface area contributed by atoms with E-state index in [1.807, 2.05) is 38.1 Å². The number of halogens is 2. The highest BCUT2D eigenvalue weighted by Gasteiger charge is 2.16. The molecule has 0 spiro atoms. The van der Waals surface area contributed by atoms with Crippen LogP contribution in [0.2, 0.25) is 0 Å². The maximum Gasteiger partial charge on any atom is 0.221 e. The second-order valence-corrected chi connectivity index (χ2v) is 6.67. The van der Waals surface area contributed by atoms with Crippen LogP contribution >= 0.6 is 0 Å². The van der Waals surface area contributed by atoms with E-state index in [0.717, 1.165) is 28.6 Å². The molecule has 0 bridgehead atoms. The first-order valence-electron chi connectivity index (χ1n) is 8.95. The molecule has 28 heavy (non-hydrogen) atoms. The second kappa shape index (κ2) is 8.31. The maximum absolute atomic E-state index is 14.1. The van der Waals surface area contributed by atoms with Gasteiger partial charge >= 0.3 is 0 Å². The van der Waals surface area contributed by atoms with Crippen LogP contribution in [0.1, 0.15) is 36.7 Å². The summed E-state index contributed by atoms with van der Waals surface area (Å²) in [5, 5.41) is 10.4. The van der Waals surface area contributed by atoms with Gasteiger partial charge in [-0.15, -0.1) is 0 Å². The third-order valence-corrected chi connectivity index (χ3v) is 4.54. The van der Waals surface area contributed by atoms with Crippen molar-refractivity contribution in [2.75, 3.05) is 5.32 Å². The molecule has 3 aromatic rings. The molecule has 1 aromatic heterocycles. The van der Waals surface area contributed by atoms with Crippen molar-refractivity contribution in [3.05, 3.63) is 77.1 Å². The monoisotopic (exact) mass is 384 g/mol. The van der Waals surface area contributed by atoms with Crippen molar-refractivity contribution in [1.82, 2.24) is 15.1 Å². The zero-order valence-electron chi connectivity index (χ0n) is 16.0. The molecule has 3 rings (SSSR count). The lowest BCUT2D eigenvalue weighted by Crippen LogP contribution is -2.18. The van der Waals surface area contributed by atoms with Gasteiger partial charge < -0.3 is 10.6 Å². The van der Waals surface area contributed by atoms with Crippen LogP contribution in [0.25, 0.3) is 5.69 Å². The summed E-state index contributed by atoms with van der Waals surface area (Å²) in [6.45, 7) is 5.95. The summed E-state index contributed by atoms with van der Waals surface area (Å²) in [6, 6.07) is 11.0. The predicted octanol–water partition coefficient (Wildman–Crippen LogP) is 4.27. The Labute approximate surface area is 162 Å². The van der Waals surface area contributed by atoms with Crippen LogP contribution in [-0.4, -0.2) is 15.7 Å². The molecular weight excluding hydrogens is 362 g/mol. The minimum Gasteiger partial charge on any atom is -0.326 e. The molecule has 0 radical (unpaired) electrons. The van der Waals surface area contributed by atoms with E-state index in [4.69, 9.17) is 0 Å². The maximum atomic E-state index is 14.1. The average Bonchev–Trinajstić information content (AvgIpc) is 3.02. The fraction of sp³-hybridized carbons (Fsp3) is 0.238. The SMILES string of the molecule is CC(=O)Nc1ccc(CN[C@@H](C)c2cnn(-c3ccc(F)cc3F)c2C)cc1. The molecule has 0 saturated carbocycles. The molecule has 0 aliphatic heterocycles. The first kappa shape index (κ1) is 19.7.